The smallest absolute Gasteiger partial charge is 0.165 e. The third-order valence-electron chi connectivity index (χ3n) is 8.10. The van der Waals surface area contributed by atoms with Crippen molar-refractivity contribution in [1.82, 2.24) is 0 Å². The van der Waals surface area contributed by atoms with E-state index in [1.54, 1.807) is 5.57 Å². The molecule has 23 heavy (non-hydrogen) atoms. The predicted molar refractivity (Wildman–Crippen MR) is 91.9 cm³/mol. The number of aliphatic hydroxyl groups excluding tert-OH is 1. The van der Waals surface area contributed by atoms with E-state index in [2.05, 4.69) is 32.9 Å². The molecule has 2 nitrogen and oxygen atoms in total. The molecule has 0 amide bonds. The number of hydrogen-bond acceptors (Lipinski definition) is 2. The second-order valence-electron chi connectivity index (χ2n) is 8.90. The SMILES string of the molecule is CCC1=CC[C@H]2[C@@H]3CC=C4CC(=O)C(O)C[C@]4(C)[C@H]3CC[C@]12C. The van der Waals surface area contributed by atoms with Crippen LogP contribution in [0.3, 0.4) is 0 Å². The number of hydrogen-bond donors (Lipinski definition) is 1. The fourth-order valence-corrected chi connectivity index (χ4v) is 6.74. The Balaban J connectivity index is 1.68. The van der Waals surface area contributed by atoms with Crippen molar-refractivity contribution in [3.8, 4) is 0 Å². The van der Waals surface area contributed by atoms with Gasteiger partial charge in [-0.3, -0.25) is 4.79 Å². The number of fused-ring (bicyclic) bond motifs is 5. The van der Waals surface area contributed by atoms with Crippen LogP contribution in [0.1, 0.15) is 65.7 Å². The molecule has 2 saturated carbocycles. The van der Waals surface area contributed by atoms with E-state index in [4.69, 9.17) is 0 Å². The van der Waals surface area contributed by atoms with Crippen LogP contribution >= 0.6 is 0 Å². The Labute approximate surface area is 140 Å². The van der Waals surface area contributed by atoms with Gasteiger partial charge in [-0.1, -0.05) is 44.1 Å². The van der Waals surface area contributed by atoms with Crippen LogP contribution in [0.25, 0.3) is 0 Å². The van der Waals surface area contributed by atoms with E-state index in [0.29, 0.717) is 24.2 Å². The van der Waals surface area contributed by atoms with E-state index in [-0.39, 0.29) is 11.2 Å². The summed E-state index contributed by atoms with van der Waals surface area (Å²) in [5.74, 6) is 2.17. The summed E-state index contributed by atoms with van der Waals surface area (Å²) in [5, 5.41) is 10.2. The molecule has 0 aromatic heterocycles. The summed E-state index contributed by atoms with van der Waals surface area (Å²) in [7, 11) is 0. The Morgan fingerprint density at radius 2 is 1.96 bits per heavy atom. The fourth-order valence-electron chi connectivity index (χ4n) is 6.74. The van der Waals surface area contributed by atoms with Gasteiger partial charge in [-0.25, -0.2) is 0 Å². The van der Waals surface area contributed by atoms with E-state index in [0.717, 1.165) is 18.3 Å². The largest absolute Gasteiger partial charge is 0.385 e. The molecule has 0 saturated heterocycles. The van der Waals surface area contributed by atoms with Gasteiger partial charge in [-0.05, 0) is 67.1 Å². The Morgan fingerprint density at radius 3 is 2.70 bits per heavy atom. The quantitative estimate of drug-likeness (QED) is 0.727. The first-order valence-electron chi connectivity index (χ1n) is 9.50. The summed E-state index contributed by atoms with van der Waals surface area (Å²) in [6.45, 7) is 7.13. The second kappa shape index (κ2) is 5.05. The summed E-state index contributed by atoms with van der Waals surface area (Å²) in [5.41, 5.74) is 3.46. The molecular formula is C21H30O2. The zero-order chi connectivity index (χ0) is 16.4. The van der Waals surface area contributed by atoms with Crippen LogP contribution in [0.5, 0.6) is 0 Å². The normalized spacial score (nSPS) is 49.0. The molecule has 4 aliphatic carbocycles. The highest BCUT2D eigenvalue weighted by molar-refractivity contribution is 5.86. The van der Waals surface area contributed by atoms with E-state index < -0.39 is 6.10 Å². The predicted octanol–water partition coefficient (Wildman–Crippen LogP) is 4.44. The minimum atomic E-state index is -0.739. The topological polar surface area (TPSA) is 37.3 Å². The minimum Gasteiger partial charge on any atom is -0.385 e. The van der Waals surface area contributed by atoms with Crippen LogP contribution in [0.4, 0.5) is 0 Å². The van der Waals surface area contributed by atoms with Gasteiger partial charge in [0.1, 0.15) is 6.10 Å². The van der Waals surface area contributed by atoms with E-state index in [9.17, 15) is 9.90 Å². The van der Waals surface area contributed by atoms with Crippen molar-refractivity contribution in [2.75, 3.05) is 0 Å². The maximum atomic E-state index is 12.0. The second-order valence-corrected chi connectivity index (χ2v) is 8.90. The number of Topliss-reactive ketones (excluding diaryl/α,β-unsaturated/α-hetero) is 1. The van der Waals surface area contributed by atoms with Crippen molar-refractivity contribution in [2.45, 2.75) is 71.8 Å². The van der Waals surface area contributed by atoms with Crippen molar-refractivity contribution >= 4 is 5.78 Å². The van der Waals surface area contributed by atoms with Gasteiger partial charge in [-0.15, -0.1) is 0 Å². The molecule has 0 spiro atoms. The van der Waals surface area contributed by atoms with Gasteiger partial charge in [0, 0.05) is 6.42 Å². The summed E-state index contributed by atoms with van der Waals surface area (Å²) >= 11 is 0. The molecule has 0 aliphatic heterocycles. The molecule has 4 rings (SSSR count). The Bertz CT molecular complexity index is 601. The molecule has 0 bridgehead atoms. The number of aliphatic hydroxyl groups is 1. The first-order valence-corrected chi connectivity index (χ1v) is 9.50. The molecule has 6 atom stereocenters. The molecule has 0 radical (unpaired) electrons. The van der Waals surface area contributed by atoms with E-state index in [1.807, 2.05) is 0 Å². The van der Waals surface area contributed by atoms with Gasteiger partial charge in [0.25, 0.3) is 0 Å². The van der Waals surface area contributed by atoms with Crippen molar-refractivity contribution in [1.29, 1.82) is 0 Å². The third kappa shape index (κ3) is 2.00. The highest BCUT2D eigenvalue weighted by atomic mass is 16.3. The molecule has 0 aromatic carbocycles. The average Bonchev–Trinajstić information content (AvgIpc) is 2.85. The number of rotatable bonds is 1. The lowest BCUT2D eigenvalue weighted by atomic mass is 9.47. The number of carbonyl (C=O) groups excluding carboxylic acids is 1. The lowest BCUT2D eigenvalue weighted by molar-refractivity contribution is -0.133. The third-order valence-corrected chi connectivity index (χ3v) is 8.10. The first-order chi connectivity index (χ1) is 10.9. The van der Waals surface area contributed by atoms with Crippen molar-refractivity contribution < 1.29 is 9.90 Å². The standard InChI is InChI=1S/C21H30O2/c1-4-13-6-8-16-15-7-5-14-11-18(22)19(23)12-21(14,3)17(15)9-10-20(13,16)2/h5-6,15-17,19,23H,4,7-12H2,1-3H3/t15-,16-,17-,19?,20+,21-/m0/s1. The zero-order valence-corrected chi connectivity index (χ0v) is 14.8. The van der Waals surface area contributed by atoms with Gasteiger partial charge >= 0.3 is 0 Å². The van der Waals surface area contributed by atoms with E-state index >= 15 is 0 Å². The fraction of sp³-hybridized carbons (Fsp3) is 0.762. The Hall–Kier alpha value is -0.890. The van der Waals surface area contributed by atoms with Crippen LogP contribution in [0.2, 0.25) is 0 Å². The van der Waals surface area contributed by atoms with Gasteiger partial charge in [0.15, 0.2) is 5.78 Å². The van der Waals surface area contributed by atoms with Gasteiger partial charge in [0.05, 0.1) is 0 Å². The van der Waals surface area contributed by atoms with Crippen LogP contribution in [-0.2, 0) is 4.79 Å². The number of carbonyl (C=O) groups is 1. The molecule has 2 heteroatoms. The Morgan fingerprint density at radius 1 is 1.17 bits per heavy atom. The van der Waals surface area contributed by atoms with Crippen LogP contribution in [-0.4, -0.2) is 17.0 Å². The highest BCUT2D eigenvalue weighted by Crippen LogP contribution is 2.64. The Kier molecular flexibility index (Phi) is 3.43. The van der Waals surface area contributed by atoms with Crippen LogP contribution < -0.4 is 0 Å². The molecule has 0 aromatic rings. The number of ketones is 1. The molecule has 126 valence electrons. The average molecular weight is 314 g/mol. The minimum absolute atomic E-state index is 0.0311. The summed E-state index contributed by atoms with van der Waals surface area (Å²) in [4.78, 5) is 12.0. The summed E-state index contributed by atoms with van der Waals surface area (Å²) < 4.78 is 0. The van der Waals surface area contributed by atoms with Gasteiger partial charge in [0.2, 0.25) is 0 Å². The lowest BCUT2D eigenvalue weighted by Crippen LogP contribution is -2.51. The molecule has 4 aliphatic rings. The first kappa shape index (κ1) is 15.6. The monoisotopic (exact) mass is 314 g/mol. The van der Waals surface area contributed by atoms with Gasteiger partial charge < -0.3 is 5.11 Å². The molecular weight excluding hydrogens is 284 g/mol. The van der Waals surface area contributed by atoms with Gasteiger partial charge in [-0.2, -0.15) is 0 Å². The van der Waals surface area contributed by atoms with Crippen LogP contribution in [0, 0.1) is 28.6 Å². The number of allylic oxidation sites excluding steroid dienone is 4. The van der Waals surface area contributed by atoms with Crippen molar-refractivity contribution in [2.24, 2.45) is 28.6 Å². The molecule has 0 heterocycles. The maximum Gasteiger partial charge on any atom is 0.165 e. The maximum absolute atomic E-state index is 12.0. The van der Waals surface area contributed by atoms with Crippen LogP contribution in [0.15, 0.2) is 23.3 Å². The highest BCUT2D eigenvalue weighted by Gasteiger charge is 2.57. The molecule has 2 fully saturated rings. The van der Waals surface area contributed by atoms with Crippen molar-refractivity contribution in [3.05, 3.63) is 23.3 Å². The van der Waals surface area contributed by atoms with E-state index in [1.165, 1.54) is 31.3 Å². The van der Waals surface area contributed by atoms with Crippen molar-refractivity contribution in [3.63, 3.8) is 0 Å². The molecule has 1 N–H and O–H groups in total. The summed E-state index contributed by atoms with van der Waals surface area (Å²) in [6.07, 6.45) is 11.4. The lowest BCUT2D eigenvalue weighted by Gasteiger charge is -2.57. The summed E-state index contributed by atoms with van der Waals surface area (Å²) in [6, 6.07) is 0. The zero-order valence-electron chi connectivity index (χ0n) is 14.8. The molecule has 1 unspecified atom stereocenters.